The first-order chi connectivity index (χ1) is 11.6. The molecular weight excluding hydrogens is 307 g/mol. The third-order valence-corrected chi connectivity index (χ3v) is 4.37. The highest BCUT2D eigenvalue weighted by molar-refractivity contribution is 5.88. The molecular formula is C18H17FN4O. The molecule has 24 heavy (non-hydrogen) atoms. The van der Waals surface area contributed by atoms with E-state index in [1.54, 1.807) is 23.0 Å². The predicted octanol–water partition coefficient (Wildman–Crippen LogP) is 2.23. The van der Waals surface area contributed by atoms with Gasteiger partial charge >= 0.3 is 0 Å². The topological polar surface area (TPSA) is 59.0 Å². The Balaban J connectivity index is 1.80. The van der Waals surface area contributed by atoms with Gasteiger partial charge in [-0.2, -0.15) is 5.10 Å². The Kier molecular flexibility index (Phi) is 3.54. The number of carbonyl (C=O) groups excluding carboxylic acids is 1. The zero-order valence-corrected chi connectivity index (χ0v) is 13.2. The first-order valence-electron chi connectivity index (χ1n) is 7.89. The summed E-state index contributed by atoms with van der Waals surface area (Å²) in [6.45, 7) is 3.39. The van der Waals surface area contributed by atoms with Gasteiger partial charge < -0.3 is 10.6 Å². The highest BCUT2D eigenvalue weighted by Crippen LogP contribution is 2.27. The average Bonchev–Trinajstić information content (AvgIpc) is 2.98. The van der Waals surface area contributed by atoms with Crippen LogP contribution >= 0.6 is 0 Å². The lowest BCUT2D eigenvalue weighted by Crippen LogP contribution is -2.47. The largest absolute Gasteiger partial charge is 0.353 e. The summed E-state index contributed by atoms with van der Waals surface area (Å²) in [5.41, 5.74) is 3.70. The van der Waals surface area contributed by atoms with Gasteiger partial charge in [0, 0.05) is 18.5 Å². The summed E-state index contributed by atoms with van der Waals surface area (Å²) < 4.78 is 14.9. The van der Waals surface area contributed by atoms with Gasteiger partial charge in [0.1, 0.15) is 11.9 Å². The monoisotopic (exact) mass is 324 g/mol. The van der Waals surface area contributed by atoms with Crippen molar-refractivity contribution in [1.29, 1.82) is 0 Å². The van der Waals surface area contributed by atoms with Gasteiger partial charge in [0.15, 0.2) is 0 Å². The van der Waals surface area contributed by atoms with Crippen molar-refractivity contribution in [2.24, 2.45) is 0 Å². The van der Waals surface area contributed by atoms with Gasteiger partial charge in [-0.25, -0.2) is 9.07 Å². The second kappa shape index (κ2) is 5.72. The standard InChI is InChI=1S/C18H17FN4O/c1-11-8-16-12(9-15(11)17-18(24)21-7-6-20-17)10-22-23(16)14-4-2-13(19)3-5-14/h2-5,8-10,17,20H,6-7H2,1H3,(H,21,24). The molecule has 1 atom stereocenters. The molecule has 0 radical (unpaired) electrons. The van der Waals surface area contributed by atoms with Crippen LogP contribution in [0.5, 0.6) is 0 Å². The first-order valence-corrected chi connectivity index (χ1v) is 7.89. The van der Waals surface area contributed by atoms with Crippen molar-refractivity contribution in [3.05, 3.63) is 59.5 Å². The molecule has 0 aliphatic carbocycles. The summed E-state index contributed by atoms with van der Waals surface area (Å²) in [6.07, 6.45) is 1.77. The number of aromatic nitrogens is 2. The number of aryl methyl sites for hydroxylation is 1. The maximum absolute atomic E-state index is 13.1. The Labute approximate surface area is 138 Å². The molecule has 2 heterocycles. The first kappa shape index (κ1) is 14.8. The third-order valence-electron chi connectivity index (χ3n) is 4.37. The summed E-state index contributed by atoms with van der Waals surface area (Å²) >= 11 is 0. The van der Waals surface area contributed by atoms with E-state index in [-0.39, 0.29) is 17.8 Å². The lowest BCUT2D eigenvalue weighted by molar-refractivity contribution is -0.124. The highest BCUT2D eigenvalue weighted by atomic mass is 19.1. The van der Waals surface area contributed by atoms with Gasteiger partial charge in [-0.15, -0.1) is 0 Å². The van der Waals surface area contributed by atoms with E-state index in [1.807, 2.05) is 19.1 Å². The molecule has 2 N–H and O–H groups in total. The number of nitrogens with zero attached hydrogens (tertiary/aromatic N) is 2. The number of hydrogen-bond donors (Lipinski definition) is 2. The van der Waals surface area contributed by atoms with Crippen LogP contribution in [0.15, 0.2) is 42.6 Å². The van der Waals surface area contributed by atoms with E-state index in [9.17, 15) is 9.18 Å². The molecule has 6 heteroatoms. The maximum atomic E-state index is 13.1. The molecule has 1 aliphatic rings. The highest BCUT2D eigenvalue weighted by Gasteiger charge is 2.25. The SMILES string of the molecule is Cc1cc2c(cnn2-c2ccc(F)cc2)cc1C1NCCNC1=O. The number of hydrogen-bond acceptors (Lipinski definition) is 3. The molecule has 1 fully saturated rings. The van der Waals surface area contributed by atoms with Gasteiger partial charge in [-0.3, -0.25) is 4.79 Å². The minimum absolute atomic E-state index is 0.00498. The number of benzene rings is 2. The van der Waals surface area contributed by atoms with Crippen LogP contribution in [0.4, 0.5) is 4.39 Å². The van der Waals surface area contributed by atoms with Crippen LogP contribution in [0.1, 0.15) is 17.2 Å². The molecule has 122 valence electrons. The van der Waals surface area contributed by atoms with E-state index >= 15 is 0 Å². The molecule has 0 bridgehead atoms. The molecule has 1 aliphatic heterocycles. The zero-order valence-electron chi connectivity index (χ0n) is 13.2. The molecule has 5 nitrogen and oxygen atoms in total. The molecule has 4 rings (SSSR count). The van der Waals surface area contributed by atoms with Gasteiger partial charge in [0.05, 0.1) is 17.4 Å². The fourth-order valence-electron chi connectivity index (χ4n) is 3.14. The fraction of sp³-hybridized carbons (Fsp3) is 0.222. The normalized spacial score (nSPS) is 17.9. The molecule has 0 spiro atoms. The van der Waals surface area contributed by atoms with Crippen LogP contribution in [-0.2, 0) is 4.79 Å². The second-order valence-electron chi connectivity index (χ2n) is 5.98. The summed E-state index contributed by atoms with van der Waals surface area (Å²) in [4.78, 5) is 12.1. The van der Waals surface area contributed by atoms with E-state index in [4.69, 9.17) is 0 Å². The number of carbonyl (C=O) groups is 1. The van der Waals surface area contributed by atoms with E-state index in [2.05, 4.69) is 15.7 Å². The number of fused-ring (bicyclic) bond motifs is 1. The van der Waals surface area contributed by atoms with E-state index in [0.29, 0.717) is 6.54 Å². The minimum Gasteiger partial charge on any atom is -0.353 e. The average molecular weight is 324 g/mol. The lowest BCUT2D eigenvalue weighted by Gasteiger charge is -2.25. The van der Waals surface area contributed by atoms with Crippen LogP contribution in [0.25, 0.3) is 16.6 Å². The minimum atomic E-state index is -0.336. The number of amides is 1. The Morgan fingerprint density at radius 1 is 1.21 bits per heavy atom. The molecule has 2 aromatic carbocycles. The van der Waals surface area contributed by atoms with Crippen molar-refractivity contribution in [3.8, 4) is 5.69 Å². The fourth-order valence-corrected chi connectivity index (χ4v) is 3.14. The lowest BCUT2D eigenvalue weighted by atomic mass is 9.97. The van der Waals surface area contributed by atoms with Gasteiger partial charge in [0.25, 0.3) is 0 Å². The van der Waals surface area contributed by atoms with Crippen molar-refractivity contribution in [1.82, 2.24) is 20.4 Å². The zero-order chi connectivity index (χ0) is 16.7. The molecule has 1 saturated heterocycles. The molecule has 1 unspecified atom stereocenters. The second-order valence-corrected chi connectivity index (χ2v) is 5.98. The number of piperazine rings is 1. The quantitative estimate of drug-likeness (QED) is 0.760. The van der Waals surface area contributed by atoms with Gasteiger partial charge in [-0.05, 0) is 54.4 Å². The van der Waals surface area contributed by atoms with Crippen LogP contribution in [0.3, 0.4) is 0 Å². The number of nitrogens with one attached hydrogen (secondary N) is 2. The van der Waals surface area contributed by atoms with Crippen LogP contribution in [0, 0.1) is 12.7 Å². The summed E-state index contributed by atoms with van der Waals surface area (Å²) in [6, 6.07) is 9.91. The van der Waals surface area contributed by atoms with E-state index < -0.39 is 0 Å². The number of halogens is 1. The van der Waals surface area contributed by atoms with Crippen LogP contribution < -0.4 is 10.6 Å². The van der Waals surface area contributed by atoms with Crippen molar-refractivity contribution in [3.63, 3.8) is 0 Å². The summed E-state index contributed by atoms with van der Waals surface area (Å²) in [7, 11) is 0. The summed E-state index contributed by atoms with van der Waals surface area (Å²) in [5, 5.41) is 11.5. The van der Waals surface area contributed by atoms with Crippen molar-refractivity contribution < 1.29 is 9.18 Å². The third kappa shape index (κ3) is 2.45. The van der Waals surface area contributed by atoms with Crippen molar-refractivity contribution in [2.75, 3.05) is 13.1 Å². The van der Waals surface area contributed by atoms with Crippen LogP contribution in [-0.4, -0.2) is 28.8 Å². The van der Waals surface area contributed by atoms with E-state index in [0.717, 1.165) is 34.3 Å². The Bertz CT molecular complexity index is 917. The molecule has 1 amide bonds. The predicted molar refractivity (Wildman–Crippen MR) is 89.5 cm³/mol. The molecule has 1 aromatic heterocycles. The van der Waals surface area contributed by atoms with Gasteiger partial charge in [-0.1, -0.05) is 0 Å². The van der Waals surface area contributed by atoms with Gasteiger partial charge in [0.2, 0.25) is 5.91 Å². The molecule has 0 saturated carbocycles. The maximum Gasteiger partial charge on any atom is 0.241 e. The van der Waals surface area contributed by atoms with Crippen LogP contribution in [0.2, 0.25) is 0 Å². The number of rotatable bonds is 2. The van der Waals surface area contributed by atoms with E-state index in [1.165, 1.54) is 12.1 Å². The Morgan fingerprint density at radius 3 is 2.75 bits per heavy atom. The van der Waals surface area contributed by atoms with Crippen molar-refractivity contribution in [2.45, 2.75) is 13.0 Å². The smallest absolute Gasteiger partial charge is 0.241 e. The Morgan fingerprint density at radius 2 is 2.00 bits per heavy atom. The summed E-state index contributed by atoms with van der Waals surface area (Å²) in [5.74, 6) is -0.280. The molecule has 3 aromatic rings. The van der Waals surface area contributed by atoms with Crippen molar-refractivity contribution >= 4 is 16.8 Å². The Hall–Kier alpha value is -2.73.